The molecule has 20 heavy (non-hydrogen) atoms. The molecule has 2 rings (SSSR count). The molecule has 4 nitrogen and oxygen atoms in total. The molecule has 0 aliphatic heterocycles. The Balaban J connectivity index is 2.05. The van der Waals surface area contributed by atoms with Crippen LogP contribution in [0.3, 0.4) is 0 Å². The summed E-state index contributed by atoms with van der Waals surface area (Å²) in [6.07, 6.45) is 3.96. The minimum Gasteiger partial charge on any atom is -0.396 e. The highest BCUT2D eigenvalue weighted by atomic mass is 35.5. The van der Waals surface area contributed by atoms with Gasteiger partial charge in [-0.1, -0.05) is 29.8 Å². The van der Waals surface area contributed by atoms with E-state index in [9.17, 15) is 8.42 Å². The lowest BCUT2D eigenvalue weighted by Crippen LogP contribution is -2.35. The van der Waals surface area contributed by atoms with E-state index in [2.05, 4.69) is 4.72 Å². The van der Waals surface area contributed by atoms with Crippen LogP contribution < -0.4 is 4.72 Å². The third-order valence-electron chi connectivity index (χ3n) is 3.28. The molecule has 1 aliphatic rings. The fourth-order valence-corrected chi connectivity index (χ4v) is 3.39. The minimum atomic E-state index is -3.52. The first-order chi connectivity index (χ1) is 9.52. The van der Waals surface area contributed by atoms with Crippen LogP contribution in [0.1, 0.15) is 24.8 Å². The maximum atomic E-state index is 12.0. The van der Waals surface area contributed by atoms with E-state index >= 15 is 0 Å². The molecule has 1 unspecified atom stereocenters. The van der Waals surface area contributed by atoms with Gasteiger partial charge in [0.1, 0.15) is 0 Å². The van der Waals surface area contributed by atoms with Crippen molar-refractivity contribution in [1.82, 2.24) is 4.72 Å². The molecule has 0 aromatic heterocycles. The van der Waals surface area contributed by atoms with Crippen LogP contribution >= 0.6 is 11.6 Å². The summed E-state index contributed by atoms with van der Waals surface area (Å²) in [6.45, 7) is -0.0160. The fraction of sp³-hybridized carbons (Fsp3) is 0.429. The second-order valence-electron chi connectivity index (χ2n) is 4.94. The quantitative estimate of drug-likeness (QED) is 0.812. The molecule has 6 heteroatoms. The minimum absolute atomic E-state index is 0.0160. The number of nitrogens with one attached hydrogen (secondary N) is 1. The predicted molar refractivity (Wildman–Crippen MR) is 80.8 cm³/mol. The van der Waals surface area contributed by atoms with Gasteiger partial charge in [-0.15, -0.1) is 0 Å². The zero-order valence-corrected chi connectivity index (χ0v) is 12.6. The van der Waals surface area contributed by atoms with Gasteiger partial charge in [-0.25, -0.2) is 13.1 Å². The SMILES string of the molecule is O=S(=O)(/C=C/c1ccccc1Cl)NC(CCO)C1CC1. The van der Waals surface area contributed by atoms with E-state index < -0.39 is 10.0 Å². The number of hydrogen-bond donors (Lipinski definition) is 2. The number of benzene rings is 1. The first kappa shape index (κ1) is 15.5. The zero-order chi connectivity index (χ0) is 14.6. The van der Waals surface area contributed by atoms with Gasteiger partial charge in [0, 0.05) is 23.1 Å². The molecule has 2 N–H and O–H groups in total. The van der Waals surface area contributed by atoms with Gasteiger partial charge in [0.05, 0.1) is 0 Å². The Morgan fingerprint density at radius 1 is 1.40 bits per heavy atom. The monoisotopic (exact) mass is 315 g/mol. The van der Waals surface area contributed by atoms with Gasteiger partial charge in [-0.05, 0) is 42.9 Å². The largest absolute Gasteiger partial charge is 0.396 e. The molecule has 1 aliphatic carbocycles. The topological polar surface area (TPSA) is 66.4 Å². The first-order valence-electron chi connectivity index (χ1n) is 6.57. The van der Waals surface area contributed by atoms with Crippen LogP contribution in [0.25, 0.3) is 6.08 Å². The molecule has 0 radical (unpaired) electrons. The average molecular weight is 316 g/mol. The van der Waals surface area contributed by atoms with Crippen LogP contribution in [-0.4, -0.2) is 26.2 Å². The van der Waals surface area contributed by atoms with Crippen molar-refractivity contribution in [3.8, 4) is 0 Å². The third-order valence-corrected chi connectivity index (χ3v) is 4.75. The highest BCUT2D eigenvalue weighted by Crippen LogP contribution is 2.34. The van der Waals surface area contributed by atoms with Crippen LogP contribution in [0.15, 0.2) is 29.7 Å². The Morgan fingerprint density at radius 3 is 2.70 bits per heavy atom. The molecule has 1 saturated carbocycles. The summed E-state index contributed by atoms with van der Waals surface area (Å²) in [5.74, 6) is 0.352. The molecule has 0 spiro atoms. The highest BCUT2D eigenvalue weighted by Gasteiger charge is 2.32. The molecular formula is C14H18ClNO3S. The van der Waals surface area contributed by atoms with E-state index in [0.29, 0.717) is 22.9 Å². The number of sulfonamides is 1. The maximum Gasteiger partial charge on any atom is 0.233 e. The third kappa shape index (κ3) is 4.59. The van der Waals surface area contributed by atoms with Crippen molar-refractivity contribution < 1.29 is 13.5 Å². The average Bonchev–Trinajstić information content (AvgIpc) is 3.21. The van der Waals surface area contributed by atoms with E-state index in [1.165, 1.54) is 6.08 Å². The lowest BCUT2D eigenvalue weighted by atomic mass is 10.1. The van der Waals surface area contributed by atoms with E-state index in [4.69, 9.17) is 16.7 Å². The van der Waals surface area contributed by atoms with Crippen molar-refractivity contribution in [2.24, 2.45) is 5.92 Å². The summed E-state index contributed by atoms with van der Waals surface area (Å²) in [6, 6.07) is 6.86. The molecular weight excluding hydrogens is 298 g/mol. The molecule has 1 fully saturated rings. The zero-order valence-electron chi connectivity index (χ0n) is 11.0. The second kappa shape index (κ2) is 6.72. The maximum absolute atomic E-state index is 12.0. The van der Waals surface area contributed by atoms with Gasteiger partial charge in [0.15, 0.2) is 0 Å². The van der Waals surface area contributed by atoms with Crippen LogP contribution in [0.2, 0.25) is 5.02 Å². The number of halogens is 1. The van der Waals surface area contributed by atoms with Crippen LogP contribution in [0, 0.1) is 5.92 Å². The van der Waals surface area contributed by atoms with Gasteiger partial charge >= 0.3 is 0 Å². The summed E-state index contributed by atoms with van der Waals surface area (Å²) >= 11 is 5.97. The highest BCUT2D eigenvalue weighted by molar-refractivity contribution is 7.92. The Hall–Kier alpha value is -0.880. The number of aliphatic hydroxyl groups is 1. The molecule has 0 bridgehead atoms. The fourth-order valence-electron chi connectivity index (χ4n) is 2.05. The van der Waals surface area contributed by atoms with Gasteiger partial charge < -0.3 is 5.11 Å². The van der Waals surface area contributed by atoms with Gasteiger partial charge in [0.2, 0.25) is 10.0 Å². The van der Waals surface area contributed by atoms with Crippen molar-refractivity contribution in [2.75, 3.05) is 6.61 Å². The smallest absolute Gasteiger partial charge is 0.233 e. The Kier molecular flexibility index (Phi) is 5.21. The van der Waals surface area contributed by atoms with Crippen molar-refractivity contribution in [3.05, 3.63) is 40.3 Å². The van der Waals surface area contributed by atoms with E-state index in [-0.39, 0.29) is 12.6 Å². The van der Waals surface area contributed by atoms with Gasteiger partial charge in [-0.3, -0.25) is 0 Å². The van der Waals surface area contributed by atoms with Crippen molar-refractivity contribution in [1.29, 1.82) is 0 Å². The summed E-state index contributed by atoms with van der Waals surface area (Å²) < 4.78 is 26.6. The second-order valence-corrected chi connectivity index (χ2v) is 6.95. The van der Waals surface area contributed by atoms with E-state index in [0.717, 1.165) is 18.2 Å². The normalized spacial score (nSPS) is 17.5. The molecule has 0 amide bonds. The Labute approximate surface area is 124 Å². The van der Waals surface area contributed by atoms with Gasteiger partial charge in [0.25, 0.3) is 0 Å². The van der Waals surface area contributed by atoms with E-state index in [1.54, 1.807) is 24.3 Å². The Bertz CT molecular complexity index is 582. The summed E-state index contributed by atoms with van der Waals surface area (Å²) in [5.41, 5.74) is 0.657. The van der Waals surface area contributed by atoms with Crippen molar-refractivity contribution in [3.63, 3.8) is 0 Å². The summed E-state index contributed by atoms with van der Waals surface area (Å²) in [7, 11) is -3.52. The van der Waals surface area contributed by atoms with Crippen molar-refractivity contribution >= 4 is 27.7 Å². The molecule has 110 valence electrons. The Morgan fingerprint density at radius 2 is 2.10 bits per heavy atom. The van der Waals surface area contributed by atoms with Crippen LogP contribution in [0.5, 0.6) is 0 Å². The first-order valence-corrected chi connectivity index (χ1v) is 8.50. The lowest BCUT2D eigenvalue weighted by Gasteiger charge is -2.15. The van der Waals surface area contributed by atoms with Crippen LogP contribution in [0.4, 0.5) is 0 Å². The van der Waals surface area contributed by atoms with Gasteiger partial charge in [-0.2, -0.15) is 0 Å². The van der Waals surface area contributed by atoms with Crippen molar-refractivity contribution in [2.45, 2.75) is 25.3 Å². The van der Waals surface area contributed by atoms with E-state index in [1.807, 2.05) is 0 Å². The number of hydrogen-bond acceptors (Lipinski definition) is 3. The molecule has 0 heterocycles. The molecule has 1 atom stereocenters. The lowest BCUT2D eigenvalue weighted by molar-refractivity contribution is 0.265. The summed E-state index contributed by atoms with van der Waals surface area (Å²) in [4.78, 5) is 0. The number of aliphatic hydroxyl groups excluding tert-OH is 1. The van der Waals surface area contributed by atoms with Crippen LogP contribution in [-0.2, 0) is 10.0 Å². The predicted octanol–water partition coefficient (Wildman–Crippen LogP) is 2.39. The number of rotatable bonds is 7. The molecule has 1 aromatic rings. The molecule has 1 aromatic carbocycles. The summed E-state index contributed by atoms with van der Waals surface area (Å²) in [5, 5.41) is 10.6. The molecule has 0 saturated heterocycles. The standard InChI is InChI=1S/C14H18ClNO3S/c15-13-4-2-1-3-11(13)8-10-20(18,19)16-14(7-9-17)12-5-6-12/h1-4,8,10,12,14,16-17H,5-7,9H2/b10-8+.